The average molecular weight is 508 g/mol. The van der Waals surface area contributed by atoms with E-state index in [4.69, 9.17) is 30.9 Å². The zero-order valence-corrected chi connectivity index (χ0v) is 19.5. The smallest absolute Gasteiger partial charge is 0.379 e. The Kier molecular flexibility index (Phi) is 5.93. The number of carbonyl (C=O) groups excluding carboxylic acids is 2. The number of esters is 1. The highest BCUT2D eigenvalue weighted by Crippen LogP contribution is 2.38. The molecule has 0 fully saturated rings. The lowest BCUT2D eigenvalue weighted by atomic mass is 10.1. The number of aromatic nitrogens is 1. The van der Waals surface area contributed by atoms with Crippen LogP contribution in [0.1, 0.15) is 21.7 Å². The lowest BCUT2D eigenvalue weighted by Gasteiger charge is -2.20. The standard InChI is InChI=1S/C23H14ClN5O5S/c1-32-17-10-12(9-15(24)18(17)34-22(31)16-5-3-7-33-16)8-14-19(25)29-23(27-20(14)30)35-21(28-29)13-4-2-6-26-11-13/h2-11,25H,1H3/b14-8-,25-19?. The Morgan fingerprint density at radius 1 is 1.29 bits per heavy atom. The molecule has 12 heteroatoms. The van der Waals surface area contributed by atoms with Crippen LogP contribution in [0.2, 0.25) is 5.02 Å². The number of fused-ring (bicyclic) bond motifs is 1. The minimum Gasteiger partial charge on any atom is -0.493 e. The Morgan fingerprint density at radius 2 is 2.14 bits per heavy atom. The van der Waals surface area contributed by atoms with Crippen LogP contribution in [0.3, 0.4) is 0 Å². The van der Waals surface area contributed by atoms with Crippen LogP contribution in [0.5, 0.6) is 11.5 Å². The van der Waals surface area contributed by atoms with E-state index in [9.17, 15) is 9.59 Å². The second kappa shape index (κ2) is 9.20. The molecule has 10 nitrogen and oxygen atoms in total. The third kappa shape index (κ3) is 4.34. The number of hydrogen-bond donors (Lipinski definition) is 1. The van der Waals surface area contributed by atoms with Crippen molar-refractivity contribution < 1.29 is 23.5 Å². The SMILES string of the molecule is COc1cc(/C=C2/C(=N)N3N=C(c4cccnc4)SC3=NC2=O)cc(Cl)c1OC(=O)c1ccco1. The number of halogens is 1. The molecule has 2 aromatic heterocycles. The van der Waals surface area contributed by atoms with Crippen LogP contribution < -0.4 is 9.47 Å². The molecule has 0 saturated heterocycles. The lowest BCUT2D eigenvalue weighted by Crippen LogP contribution is -2.35. The zero-order chi connectivity index (χ0) is 24.5. The number of pyridine rings is 1. The van der Waals surface area contributed by atoms with Crippen molar-refractivity contribution in [3.63, 3.8) is 0 Å². The number of nitrogens with one attached hydrogen (secondary N) is 1. The summed E-state index contributed by atoms with van der Waals surface area (Å²) in [5.41, 5.74) is 1.18. The summed E-state index contributed by atoms with van der Waals surface area (Å²) in [6.45, 7) is 0. The molecule has 0 unspecified atom stereocenters. The first-order valence-corrected chi connectivity index (χ1v) is 11.2. The molecule has 0 aliphatic carbocycles. The minimum atomic E-state index is -0.749. The van der Waals surface area contributed by atoms with Crippen LogP contribution in [-0.2, 0) is 4.79 Å². The van der Waals surface area contributed by atoms with E-state index >= 15 is 0 Å². The molecule has 4 heterocycles. The van der Waals surface area contributed by atoms with E-state index in [1.165, 1.54) is 54.4 Å². The predicted molar refractivity (Wildman–Crippen MR) is 130 cm³/mol. The number of benzene rings is 1. The van der Waals surface area contributed by atoms with Crippen molar-refractivity contribution in [3.05, 3.63) is 82.5 Å². The number of ether oxygens (including phenoxy) is 2. The van der Waals surface area contributed by atoms with Crippen LogP contribution in [0, 0.1) is 5.41 Å². The minimum absolute atomic E-state index is 0.000999. The van der Waals surface area contributed by atoms with Crippen molar-refractivity contribution in [3.8, 4) is 11.5 Å². The van der Waals surface area contributed by atoms with Gasteiger partial charge in [-0.2, -0.15) is 15.1 Å². The van der Waals surface area contributed by atoms with Gasteiger partial charge in [-0.3, -0.25) is 15.2 Å². The van der Waals surface area contributed by atoms with Crippen molar-refractivity contribution in [2.45, 2.75) is 0 Å². The van der Waals surface area contributed by atoms with Crippen LogP contribution in [0.15, 0.2) is 75.1 Å². The Hall–Kier alpha value is -4.22. The van der Waals surface area contributed by atoms with E-state index in [0.29, 0.717) is 10.6 Å². The van der Waals surface area contributed by atoms with Gasteiger partial charge in [0.15, 0.2) is 17.3 Å². The number of furan rings is 1. The highest BCUT2D eigenvalue weighted by Gasteiger charge is 2.36. The van der Waals surface area contributed by atoms with Crippen molar-refractivity contribution >= 4 is 57.4 Å². The maximum atomic E-state index is 12.7. The van der Waals surface area contributed by atoms with E-state index in [2.05, 4.69) is 15.1 Å². The molecule has 3 aromatic rings. The molecule has 0 bridgehead atoms. The molecule has 1 N–H and O–H groups in total. The van der Waals surface area contributed by atoms with E-state index in [1.54, 1.807) is 24.5 Å². The van der Waals surface area contributed by atoms with E-state index < -0.39 is 11.9 Å². The van der Waals surface area contributed by atoms with Gasteiger partial charge in [-0.25, -0.2) is 4.79 Å². The third-order valence-corrected chi connectivity index (χ3v) is 6.08. The lowest BCUT2D eigenvalue weighted by molar-refractivity contribution is -0.114. The molecule has 2 aliphatic rings. The molecule has 0 saturated carbocycles. The fourth-order valence-corrected chi connectivity index (χ4v) is 4.36. The number of thioether (sulfide) groups is 1. The molecule has 5 rings (SSSR count). The Balaban J connectivity index is 1.45. The largest absolute Gasteiger partial charge is 0.493 e. The summed E-state index contributed by atoms with van der Waals surface area (Å²) in [7, 11) is 1.38. The second-order valence-corrected chi connectivity index (χ2v) is 8.43. The van der Waals surface area contributed by atoms with Gasteiger partial charge in [-0.1, -0.05) is 11.6 Å². The first-order chi connectivity index (χ1) is 16.9. The molecule has 174 valence electrons. The van der Waals surface area contributed by atoms with Crippen molar-refractivity contribution in [1.29, 1.82) is 5.41 Å². The molecular weight excluding hydrogens is 494 g/mol. The quantitative estimate of drug-likeness (QED) is 0.308. The van der Waals surface area contributed by atoms with Gasteiger partial charge in [-0.15, -0.1) is 0 Å². The summed E-state index contributed by atoms with van der Waals surface area (Å²) >= 11 is 7.54. The van der Waals surface area contributed by atoms with Gasteiger partial charge in [0.1, 0.15) is 5.04 Å². The van der Waals surface area contributed by atoms with Gasteiger partial charge >= 0.3 is 5.97 Å². The number of carbonyl (C=O) groups is 2. The third-order valence-electron chi connectivity index (χ3n) is 4.84. The van der Waals surface area contributed by atoms with Gasteiger partial charge in [0.05, 0.1) is 24.0 Å². The number of amidine groups is 2. The zero-order valence-electron chi connectivity index (χ0n) is 17.9. The summed E-state index contributed by atoms with van der Waals surface area (Å²) in [4.78, 5) is 33.1. The van der Waals surface area contributed by atoms with Crippen LogP contribution in [0.4, 0.5) is 0 Å². The first kappa shape index (κ1) is 22.6. The van der Waals surface area contributed by atoms with Gasteiger partial charge in [0.25, 0.3) is 5.91 Å². The number of hydrogen-bond acceptors (Lipinski definition) is 9. The second-order valence-electron chi connectivity index (χ2n) is 7.07. The summed E-state index contributed by atoms with van der Waals surface area (Å²) in [5, 5.41) is 15.2. The number of rotatable bonds is 5. The van der Waals surface area contributed by atoms with Crippen molar-refractivity contribution in [2.75, 3.05) is 7.11 Å². The average Bonchev–Trinajstić information content (AvgIpc) is 3.54. The molecule has 35 heavy (non-hydrogen) atoms. The topological polar surface area (TPSA) is 130 Å². The fourth-order valence-electron chi connectivity index (χ4n) is 3.22. The summed E-state index contributed by atoms with van der Waals surface area (Å²) in [6, 6.07) is 9.60. The Bertz CT molecular complexity index is 1450. The van der Waals surface area contributed by atoms with E-state index in [0.717, 1.165) is 5.56 Å². The normalized spacial score (nSPS) is 16.2. The van der Waals surface area contributed by atoms with E-state index in [1.807, 2.05) is 6.07 Å². The predicted octanol–water partition coefficient (Wildman–Crippen LogP) is 4.22. The van der Waals surface area contributed by atoms with Crippen molar-refractivity contribution in [1.82, 2.24) is 9.99 Å². The maximum Gasteiger partial charge on any atom is 0.379 e. The highest BCUT2D eigenvalue weighted by atomic mass is 35.5. The maximum absolute atomic E-state index is 12.7. The molecular formula is C23H14ClN5O5S. The van der Waals surface area contributed by atoms with Gasteiger partial charge in [0.2, 0.25) is 10.9 Å². The molecule has 1 amide bonds. The molecule has 0 atom stereocenters. The highest BCUT2D eigenvalue weighted by molar-refractivity contribution is 8.27. The number of methoxy groups -OCH3 is 1. The Morgan fingerprint density at radius 3 is 2.86 bits per heavy atom. The summed E-state index contributed by atoms with van der Waals surface area (Å²) < 4.78 is 15.7. The summed E-state index contributed by atoms with van der Waals surface area (Å²) in [5.74, 6) is -1.35. The molecule has 0 radical (unpaired) electrons. The van der Waals surface area contributed by atoms with Crippen LogP contribution in [0.25, 0.3) is 6.08 Å². The molecule has 2 aliphatic heterocycles. The fraction of sp³-hybridized carbons (Fsp3) is 0.0435. The number of hydrazone groups is 1. The van der Waals surface area contributed by atoms with E-state index in [-0.39, 0.29) is 38.9 Å². The molecule has 0 spiro atoms. The van der Waals surface area contributed by atoms with Crippen LogP contribution >= 0.6 is 23.4 Å². The number of amides is 1. The van der Waals surface area contributed by atoms with Crippen LogP contribution in [-0.4, -0.2) is 45.0 Å². The summed E-state index contributed by atoms with van der Waals surface area (Å²) in [6.07, 6.45) is 6.07. The van der Waals surface area contributed by atoms with Gasteiger partial charge in [-0.05, 0) is 59.8 Å². The monoisotopic (exact) mass is 507 g/mol. The number of nitrogens with zero attached hydrogens (tertiary/aromatic N) is 4. The first-order valence-electron chi connectivity index (χ1n) is 9.98. The van der Waals surface area contributed by atoms with Crippen molar-refractivity contribution in [2.24, 2.45) is 10.1 Å². The number of aliphatic imine (C=N–C) groups is 1. The van der Waals surface area contributed by atoms with Gasteiger partial charge < -0.3 is 13.9 Å². The molecule has 1 aromatic carbocycles. The Labute approximate surface area is 207 Å². The van der Waals surface area contributed by atoms with Gasteiger partial charge in [0, 0.05) is 18.0 Å².